The molecule has 0 aromatic heterocycles. The molecule has 0 fully saturated rings. The Morgan fingerprint density at radius 3 is 2.57 bits per heavy atom. The van der Waals surface area contributed by atoms with Crippen LogP contribution in [-0.2, 0) is 0 Å². The molecule has 0 bridgehead atoms. The normalized spacial score (nSPS) is 10.4. The fourth-order valence-corrected chi connectivity index (χ4v) is 2.90. The number of thiocarbonyl (C=S) groups is 1. The van der Waals surface area contributed by atoms with E-state index >= 15 is 0 Å². The Hall–Kier alpha value is -2.45. The number of primary amides is 1. The zero-order chi connectivity index (χ0) is 20.7. The fraction of sp³-hybridized carbons (Fsp3) is 0.250. The number of ether oxygens (including phenoxy) is 1. The van der Waals surface area contributed by atoms with Crippen molar-refractivity contribution < 1.29 is 14.3 Å². The van der Waals surface area contributed by atoms with Crippen LogP contribution in [0, 0.1) is 5.92 Å². The minimum absolute atomic E-state index is 0.0480. The van der Waals surface area contributed by atoms with E-state index in [2.05, 4.69) is 40.4 Å². The lowest BCUT2D eigenvalue weighted by atomic mass is 10.1. The molecule has 0 unspecified atom stereocenters. The van der Waals surface area contributed by atoms with Crippen molar-refractivity contribution in [3.8, 4) is 5.75 Å². The van der Waals surface area contributed by atoms with Gasteiger partial charge < -0.3 is 15.8 Å². The van der Waals surface area contributed by atoms with Gasteiger partial charge >= 0.3 is 0 Å². The number of para-hydroxylation sites is 1. The lowest BCUT2D eigenvalue weighted by molar-refractivity contribution is 0.0971. The number of carbonyl (C=O) groups is 2. The Balaban J connectivity index is 2.11. The van der Waals surface area contributed by atoms with Gasteiger partial charge in [0.2, 0.25) is 0 Å². The molecule has 0 heterocycles. The van der Waals surface area contributed by atoms with E-state index in [4.69, 9.17) is 22.7 Å². The molecular weight excluding hydrogens is 442 g/mol. The van der Waals surface area contributed by atoms with E-state index in [1.54, 1.807) is 42.5 Å². The second-order valence-corrected chi connectivity index (χ2v) is 7.81. The van der Waals surface area contributed by atoms with E-state index in [-0.39, 0.29) is 10.7 Å². The highest BCUT2D eigenvalue weighted by Crippen LogP contribution is 2.24. The number of halogens is 1. The van der Waals surface area contributed by atoms with E-state index in [1.165, 1.54) is 0 Å². The summed E-state index contributed by atoms with van der Waals surface area (Å²) in [6, 6.07) is 11.9. The van der Waals surface area contributed by atoms with Crippen molar-refractivity contribution in [2.75, 3.05) is 11.9 Å². The SMILES string of the molecule is CC(C)CCOc1ccc(Br)cc1C(=O)NC(=S)Nc1ccccc1C(N)=O. The van der Waals surface area contributed by atoms with Gasteiger partial charge in [-0.2, -0.15) is 0 Å². The summed E-state index contributed by atoms with van der Waals surface area (Å²) >= 11 is 8.57. The average Bonchev–Trinajstić information content (AvgIpc) is 2.62. The van der Waals surface area contributed by atoms with Crippen molar-refractivity contribution >= 4 is 50.8 Å². The minimum Gasteiger partial charge on any atom is -0.493 e. The van der Waals surface area contributed by atoms with Gasteiger partial charge in [0.15, 0.2) is 5.11 Å². The quantitative estimate of drug-likeness (QED) is 0.537. The number of benzene rings is 2. The van der Waals surface area contributed by atoms with Crippen molar-refractivity contribution in [1.29, 1.82) is 0 Å². The molecule has 2 aromatic rings. The van der Waals surface area contributed by atoms with Gasteiger partial charge in [-0.3, -0.25) is 14.9 Å². The summed E-state index contributed by atoms with van der Waals surface area (Å²) in [6.45, 7) is 4.72. The molecule has 0 atom stereocenters. The molecule has 28 heavy (non-hydrogen) atoms. The number of amides is 2. The summed E-state index contributed by atoms with van der Waals surface area (Å²) in [6.07, 6.45) is 0.876. The first kappa shape index (κ1) is 21.8. The van der Waals surface area contributed by atoms with Crippen LogP contribution < -0.4 is 21.1 Å². The van der Waals surface area contributed by atoms with Crippen molar-refractivity contribution in [2.24, 2.45) is 11.7 Å². The topological polar surface area (TPSA) is 93.4 Å². The zero-order valence-electron chi connectivity index (χ0n) is 15.6. The Morgan fingerprint density at radius 2 is 1.89 bits per heavy atom. The maximum atomic E-state index is 12.7. The van der Waals surface area contributed by atoms with Gasteiger partial charge in [0.05, 0.1) is 23.4 Å². The molecule has 0 aliphatic heterocycles. The van der Waals surface area contributed by atoms with Crippen LogP contribution in [0.4, 0.5) is 5.69 Å². The van der Waals surface area contributed by atoms with Crippen LogP contribution >= 0.6 is 28.1 Å². The summed E-state index contributed by atoms with van der Waals surface area (Å²) in [7, 11) is 0. The van der Waals surface area contributed by atoms with Crippen LogP contribution in [-0.4, -0.2) is 23.5 Å². The third-order valence-corrected chi connectivity index (χ3v) is 4.50. The Kier molecular flexibility index (Phi) is 7.95. The number of rotatable bonds is 7. The lowest BCUT2D eigenvalue weighted by Crippen LogP contribution is -2.35. The third kappa shape index (κ3) is 6.31. The van der Waals surface area contributed by atoms with E-state index in [0.717, 1.165) is 10.9 Å². The van der Waals surface area contributed by atoms with Gasteiger partial charge in [0.25, 0.3) is 11.8 Å². The molecular formula is C20H22BrN3O3S. The summed E-state index contributed by atoms with van der Waals surface area (Å²) in [5.41, 5.74) is 6.40. The molecule has 2 rings (SSSR count). The van der Waals surface area contributed by atoms with Crippen molar-refractivity contribution in [2.45, 2.75) is 20.3 Å². The highest BCUT2D eigenvalue weighted by molar-refractivity contribution is 9.10. The Labute approximate surface area is 178 Å². The van der Waals surface area contributed by atoms with E-state index in [0.29, 0.717) is 29.5 Å². The molecule has 0 saturated heterocycles. The minimum atomic E-state index is -0.593. The number of nitrogens with two attached hydrogens (primary N) is 1. The predicted octanol–water partition coefficient (Wildman–Crippen LogP) is 4.10. The Morgan fingerprint density at radius 1 is 1.18 bits per heavy atom. The fourth-order valence-electron chi connectivity index (χ4n) is 2.34. The second-order valence-electron chi connectivity index (χ2n) is 6.49. The van der Waals surface area contributed by atoms with Crippen molar-refractivity contribution in [3.05, 3.63) is 58.1 Å². The van der Waals surface area contributed by atoms with Crippen LogP contribution in [0.5, 0.6) is 5.75 Å². The van der Waals surface area contributed by atoms with Gasteiger partial charge in [-0.15, -0.1) is 0 Å². The highest BCUT2D eigenvalue weighted by Gasteiger charge is 2.16. The lowest BCUT2D eigenvalue weighted by Gasteiger charge is -2.15. The molecule has 0 spiro atoms. The maximum Gasteiger partial charge on any atom is 0.261 e. The van der Waals surface area contributed by atoms with Gasteiger partial charge in [0.1, 0.15) is 5.75 Å². The molecule has 148 valence electrons. The van der Waals surface area contributed by atoms with Gasteiger partial charge in [-0.1, -0.05) is 41.9 Å². The van der Waals surface area contributed by atoms with E-state index in [1.807, 2.05) is 0 Å². The predicted molar refractivity (Wildman–Crippen MR) is 118 cm³/mol. The maximum absolute atomic E-state index is 12.7. The molecule has 0 saturated carbocycles. The summed E-state index contributed by atoms with van der Waals surface area (Å²) in [5, 5.41) is 5.48. The van der Waals surface area contributed by atoms with Gasteiger partial charge in [0, 0.05) is 4.47 Å². The summed E-state index contributed by atoms with van der Waals surface area (Å²) in [4.78, 5) is 24.2. The average molecular weight is 464 g/mol. The molecule has 4 N–H and O–H groups in total. The van der Waals surface area contributed by atoms with Crippen LogP contribution in [0.15, 0.2) is 46.9 Å². The molecule has 2 amide bonds. The largest absolute Gasteiger partial charge is 0.493 e. The molecule has 2 aromatic carbocycles. The van der Waals surface area contributed by atoms with Gasteiger partial charge in [-0.25, -0.2) is 0 Å². The second kappa shape index (κ2) is 10.2. The highest BCUT2D eigenvalue weighted by atomic mass is 79.9. The van der Waals surface area contributed by atoms with Gasteiger partial charge in [-0.05, 0) is 54.9 Å². The number of hydrogen-bond donors (Lipinski definition) is 3. The van der Waals surface area contributed by atoms with Crippen molar-refractivity contribution in [3.63, 3.8) is 0 Å². The molecule has 0 radical (unpaired) electrons. The molecule has 8 heteroatoms. The van der Waals surface area contributed by atoms with Crippen LogP contribution in [0.1, 0.15) is 41.0 Å². The molecule has 0 aliphatic rings. The molecule has 6 nitrogen and oxygen atoms in total. The molecule has 0 aliphatic carbocycles. The monoisotopic (exact) mass is 463 g/mol. The zero-order valence-corrected chi connectivity index (χ0v) is 18.0. The van der Waals surface area contributed by atoms with Crippen LogP contribution in [0.2, 0.25) is 0 Å². The van der Waals surface area contributed by atoms with E-state index < -0.39 is 11.8 Å². The first-order chi connectivity index (χ1) is 13.3. The standard InChI is InChI=1S/C20H22BrN3O3S/c1-12(2)9-10-27-17-8-7-13(21)11-15(17)19(26)24-20(28)23-16-6-4-3-5-14(16)18(22)25/h3-8,11-12H,9-10H2,1-2H3,(H2,22,25)(H2,23,24,26,28). The Bertz CT molecular complexity index is 887. The van der Waals surface area contributed by atoms with Crippen LogP contribution in [0.3, 0.4) is 0 Å². The number of nitrogens with one attached hydrogen (secondary N) is 2. The van der Waals surface area contributed by atoms with Crippen LogP contribution in [0.25, 0.3) is 0 Å². The van der Waals surface area contributed by atoms with Crippen molar-refractivity contribution in [1.82, 2.24) is 5.32 Å². The smallest absolute Gasteiger partial charge is 0.261 e. The summed E-state index contributed by atoms with van der Waals surface area (Å²) in [5.74, 6) is -0.0449. The number of anilines is 1. The number of hydrogen-bond acceptors (Lipinski definition) is 4. The van der Waals surface area contributed by atoms with E-state index in [9.17, 15) is 9.59 Å². The first-order valence-electron chi connectivity index (χ1n) is 8.71. The summed E-state index contributed by atoms with van der Waals surface area (Å²) < 4.78 is 6.51. The number of carbonyl (C=O) groups excluding carboxylic acids is 2. The first-order valence-corrected chi connectivity index (χ1v) is 9.91. The third-order valence-electron chi connectivity index (χ3n) is 3.81.